The molecule has 0 bridgehead atoms. The van der Waals surface area contributed by atoms with E-state index in [0.29, 0.717) is 5.92 Å². The Balaban J connectivity index is 1.90. The van der Waals surface area contributed by atoms with Gasteiger partial charge in [-0.15, -0.1) is 0 Å². The van der Waals surface area contributed by atoms with Crippen molar-refractivity contribution in [2.45, 2.75) is 122 Å². The predicted molar refractivity (Wildman–Crippen MR) is 139 cm³/mol. The molecule has 2 N–H and O–H groups in total. The molecule has 1 saturated heterocycles. The van der Waals surface area contributed by atoms with Crippen LogP contribution in [0.4, 0.5) is 0 Å². The van der Waals surface area contributed by atoms with Crippen molar-refractivity contribution in [1.82, 2.24) is 20.4 Å². The Morgan fingerprint density at radius 1 is 1.00 bits per heavy atom. The maximum Gasteiger partial charge on any atom is 0.246 e. The first kappa shape index (κ1) is 27.8. The molecule has 3 aliphatic rings. The van der Waals surface area contributed by atoms with Gasteiger partial charge >= 0.3 is 0 Å². The zero-order chi connectivity index (χ0) is 25.6. The summed E-state index contributed by atoms with van der Waals surface area (Å²) in [4.78, 5) is 31.4. The number of rotatable bonds is 7. The number of piperidine rings is 1. The zero-order valence-electron chi connectivity index (χ0n) is 22.8. The molecule has 0 aromatic carbocycles. The second kappa shape index (κ2) is 12.4. The summed E-state index contributed by atoms with van der Waals surface area (Å²) in [6, 6.07) is -0.812. The summed E-state index contributed by atoms with van der Waals surface area (Å²) >= 11 is 0. The van der Waals surface area contributed by atoms with Crippen LogP contribution in [-0.2, 0) is 9.59 Å². The molecule has 2 unspecified atom stereocenters. The molecule has 1 heterocycles. The molecule has 7 heteroatoms. The predicted octanol–water partition coefficient (Wildman–Crippen LogP) is 4.04. The van der Waals surface area contributed by atoms with E-state index in [0.717, 1.165) is 77.3 Å². The van der Waals surface area contributed by atoms with Crippen LogP contribution in [0.15, 0.2) is 0 Å². The Hall–Kier alpha value is -1.81. The highest BCUT2D eigenvalue weighted by Gasteiger charge is 2.44. The molecule has 0 aromatic heterocycles. The lowest BCUT2D eigenvalue weighted by molar-refractivity contribution is -0.150. The summed E-state index contributed by atoms with van der Waals surface area (Å²) in [5.74, 6) is 0.656. The van der Waals surface area contributed by atoms with E-state index in [-0.39, 0.29) is 35.2 Å². The summed E-state index contributed by atoms with van der Waals surface area (Å²) < 4.78 is 0. The number of hydrogen-bond donors (Lipinski definition) is 2. The third-order valence-electron chi connectivity index (χ3n) is 8.97. The maximum absolute atomic E-state index is 14.0. The van der Waals surface area contributed by atoms with Crippen molar-refractivity contribution in [1.29, 1.82) is 5.26 Å². The Labute approximate surface area is 213 Å². The number of carbonyl (C=O) groups is 2. The van der Waals surface area contributed by atoms with Crippen molar-refractivity contribution in [2.75, 3.05) is 20.1 Å². The van der Waals surface area contributed by atoms with Gasteiger partial charge in [0, 0.05) is 31.6 Å². The number of amides is 2. The Bertz CT molecular complexity index is 737. The van der Waals surface area contributed by atoms with Crippen LogP contribution in [-0.4, -0.2) is 65.9 Å². The summed E-state index contributed by atoms with van der Waals surface area (Å²) in [6.45, 7) is 10.4. The fourth-order valence-corrected chi connectivity index (χ4v) is 6.48. The van der Waals surface area contributed by atoms with Gasteiger partial charge in [-0.1, -0.05) is 40.0 Å². The van der Waals surface area contributed by atoms with E-state index in [1.807, 2.05) is 4.90 Å². The SMILES string of the molecule is C[C@H](C(=O)N(C1CCC(C(C)(C)C)CC1)C(C(=O)NC1CCCCC1)C1CCCNC1)N(C)C#N. The average molecular weight is 488 g/mol. The van der Waals surface area contributed by atoms with Gasteiger partial charge in [0.05, 0.1) is 0 Å². The fourth-order valence-electron chi connectivity index (χ4n) is 6.48. The largest absolute Gasteiger partial charge is 0.352 e. The van der Waals surface area contributed by atoms with Gasteiger partial charge < -0.3 is 20.4 Å². The van der Waals surface area contributed by atoms with E-state index in [9.17, 15) is 14.9 Å². The average Bonchev–Trinajstić information content (AvgIpc) is 2.86. The first-order valence-corrected chi connectivity index (χ1v) is 14.1. The summed E-state index contributed by atoms with van der Waals surface area (Å²) in [6.07, 6.45) is 13.7. The molecule has 3 rings (SSSR count). The molecule has 3 atom stereocenters. The van der Waals surface area contributed by atoms with Gasteiger partial charge in [-0.05, 0) is 76.2 Å². The second-order valence-electron chi connectivity index (χ2n) is 12.4. The van der Waals surface area contributed by atoms with Crippen LogP contribution in [0.25, 0.3) is 0 Å². The van der Waals surface area contributed by atoms with Gasteiger partial charge in [-0.25, -0.2) is 0 Å². The van der Waals surface area contributed by atoms with Gasteiger partial charge in [0.15, 0.2) is 6.19 Å². The number of nitrogens with one attached hydrogen (secondary N) is 2. The smallest absolute Gasteiger partial charge is 0.246 e. The number of likely N-dealkylation sites (N-methyl/N-ethyl adjacent to an activating group) is 1. The molecule has 0 spiro atoms. The van der Waals surface area contributed by atoms with E-state index in [4.69, 9.17) is 0 Å². The summed E-state index contributed by atoms with van der Waals surface area (Å²) in [5.41, 5.74) is 0.249. The monoisotopic (exact) mass is 487 g/mol. The molecule has 2 amide bonds. The van der Waals surface area contributed by atoms with E-state index in [1.165, 1.54) is 11.3 Å². The van der Waals surface area contributed by atoms with Crippen LogP contribution in [0.2, 0.25) is 0 Å². The van der Waals surface area contributed by atoms with Crippen LogP contribution >= 0.6 is 0 Å². The van der Waals surface area contributed by atoms with Gasteiger partial charge in [-0.3, -0.25) is 9.59 Å². The minimum absolute atomic E-state index is 0.0173. The molecule has 0 aromatic rings. The molecule has 0 radical (unpaired) electrons. The molecule has 1 aliphatic heterocycles. The lowest BCUT2D eigenvalue weighted by Gasteiger charge is -2.47. The normalized spacial score (nSPS) is 27.8. The third-order valence-corrected chi connectivity index (χ3v) is 8.97. The quantitative estimate of drug-likeness (QED) is 0.418. The highest BCUT2D eigenvalue weighted by molar-refractivity contribution is 5.90. The maximum atomic E-state index is 14.0. The number of carbonyl (C=O) groups excluding carboxylic acids is 2. The van der Waals surface area contributed by atoms with Gasteiger partial charge in [0.1, 0.15) is 12.1 Å². The fraction of sp³-hybridized carbons (Fsp3) is 0.893. The van der Waals surface area contributed by atoms with Crippen molar-refractivity contribution in [3.05, 3.63) is 0 Å². The summed E-state index contributed by atoms with van der Waals surface area (Å²) in [5, 5.41) is 16.3. The molecular weight excluding hydrogens is 438 g/mol. The number of nitrogens with zero attached hydrogens (tertiary/aromatic N) is 3. The lowest BCUT2D eigenvalue weighted by Crippen LogP contribution is -2.63. The van der Waals surface area contributed by atoms with Crippen molar-refractivity contribution in [3.63, 3.8) is 0 Å². The van der Waals surface area contributed by atoms with E-state index in [2.05, 4.69) is 37.6 Å². The van der Waals surface area contributed by atoms with Gasteiger partial charge in [0.25, 0.3) is 0 Å². The first-order chi connectivity index (χ1) is 16.6. The molecular formula is C28H49N5O2. The Morgan fingerprint density at radius 2 is 1.66 bits per heavy atom. The summed E-state index contributed by atoms with van der Waals surface area (Å²) in [7, 11) is 1.66. The highest BCUT2D eigenvalue weighted by atomic mass is 16.2. The topological polar surface area (TPSA) is 88.5 Å². The standard InChI is InChI=1S/C28H49N5O2/c1-20(32(5)19-29)27(35)33(24-15-13-22(14-16-24)28(2,3)4)25(21-10-9-17-30-18-21)26(34)31-23-11-7-6-8-12-23/h20-25,30H,6-18H2,1-5H3,(H,31,34)/t20-,21?,22?,24?,25?/m1/s1. The minimum atomic E-state index is -0.582. The van der Waals surface area contributed by atoms with Crippen LogP contribution < -0.4 is 10.6 Å². The molecule has 2 aliphatic carbocycles. The van der Waals surface area contributed by atoms with Crippen molar-refractivity contribution < 1.29 is 9.59 Å². The van der Waals surface area contributed by atoms with Gasteiger partial charge in [0.2, 0.25) is 11.8 Å². The zero-order valence-corrected chi connectivity index (χ0v) is 22.8. The van der Waals surface area contributed by atoms with E-state index >= 15 is 0 Å². The van der Waals surface area contributed by atoms with Crippen molar-refractivity contribution >= 4 is 11.8 Å². The number of hydrogen-bond acceptors (Lipinski definition) is 5. The van der Waals surface area contributed by atoms with E-state index in [1.54, 1.807) is 14.0 Å². The Morgan fingerprint density at radius 3 is 2.20 bits per heavy atom. The van der Waals surface area contributed by atoms with Crippen LogP contribution in [0.5, 0.6) is 0 Å². The highest BCUT2D eigenvalue weighted by Crippen LogP contribution is 2.40. The van der Waals surface area contributed by atoms with Crippen molar-refractivity contribution in [3.8, 4) is 6.19 Å². The van der Waals surface area contributed by atoms with Crippen molar-refractivity contribution in [2.24, 2.45) is 17.3 Å². The van der Waals surface area contributed by atoms with E-state index < -0.39 is 12.1 Å². The molecule has 7 nitrogen and oxygen atoms in total. The molecule has 35 heavy (non-hydrogen) atoms. The number of nitriles is 1. The van der Waals surface area contributed by atoms with Crippen LogP contribution in [0, 0.1) is 28.7 Å². The van der Waals surface area contributed by atoms with Crippen LogP contribution in [0.1, 0.15) is 98.3 Å². The Kier molecular flexibility index (Phi) is 9.86. The molecule has 3 fully saturated rings. The van der Waals surface area contributed by atoms with Gasteiger partial charge in [-0.2, -0.15) is 5.26 Å². The first-order valence-electron chi connectivity index (χ1n) is 14.1. The molecule has 2 saturated carbocycles. The second-order valence-corrected chi connectivity index (χ2v) is 12.4. The van der Waals surface area contributed by atoms with Crippen LogP contribution in [0.3, 0.4) is 0 Å². The lowest BCUT2D eigenvalue weighted by atomic mass is 9.70. The molecule has 198 valence electrons. The minimum Gasteiger partial charge on any atom is -0.352 e. The third kappa shape index (κ3) is 7.12.